The second kappa shape index (κ2) is 10.5. The quantitative estimate of drug-likeness (QED) is 0.492. The number of nitrogens with zero attached hydrogens (tertiary/aromatic N) is 2. The molecule has 0 spiro atoms. The zero-order valence-corrected chi connectivity index (χ0v) is 23.7. The van der Waals surface area contributed by atoms with Gasteiger partial charge in [0.2, 0.25) is 0 Å². The predicted molar refractivity (Wildman–Crippen MR) is 147 cm³/mol. The molecule has 202 valence electrons. The van der Waals surface area contributed by atoms with Crippen LogP contribution in [0.4, 0.5) is 0 Å². The number of hydrogen-bond acceptors (Lipinski definition) is 7. The number of aromatic amines is 1. The number of likely N-dealkylation sites (tertiary alicyclic amines) is 1. The summed E-state index contributed by atoms with van der Waals surface area (Å²) < 4.78 is 12.8. The molecular formula is C28H33ClN4O4S. The number of aryl methyl sites for hydroxylation is 1. The van der Waals surface area contributed by atoms with Gasteiger partial charge in [0.1, 0.15) is 0 Å². The van der Waals surface area contributed by atoms with E-state index in [0.29, 0.717) is 39.3 Å². The number of hydrogen-bond donors (Lipinski definition) is 2. The van der Waals surface area contributed by atoms with Crippen molar-refractivity contribution in [3.05, 3.63) is 49.9 Å². The smallest absolute Gasteiger partial charge is 0.254 e. The van der Waals surface area contributed by atoms with Crippen molar-refractivity contribution in [3.63, 3.8) is 0 Å². The van der Waals surface area contributed by atoms with Crippen LogP contribution in [0.3, 0.4) is 0 Å². The number of H-pyrrole nitrogens is 1. The number of pyridine rings is 1. The molecule has 2 N–H and O–H groups in total. The number of halogens is 1. The largest absolute Gasteiger partial charge is 0.448 e. The maximum absolute atomic E-state index is 13.2. The Kier molecular flexibility index (Phi) is 7.42. The molecule has 10 heteroatoms. The molecule has 1 amide bonds. The second-order valence-electron chi connectivity index (χ2n) is 10.7. The minimum atomic E-state index is -0.858. The van der Waals surface area contributed by atoms with Crippen LogP contribution in [0.15, 0.2) is 21.8 Å². The van der Waals surface area contributed by atoms with E-state index in [2.05, 4.69) is 21.3 Å². The third kappa shape index (κ3) is 4.90. The average Bonchev–Trinajstić information content (AvgIpc) is 3.24. The standard InChI is InChI=1S/C28H33ClN4O4S/c1-15-9-23(38-4)21(27(35)32-15)12-31-26(34)20-10-22(29)25-24(16(20)2)36-28(3,37-25)18-5-7-19(8-6-18)33-13-17(11-30)14-33/h9-10,17-19H,5-8,12-14H2,1-4H3,(H,31,34)(H,32,35)/t18-,19+,28-/m1/s1. The monoisotopic (exact) mass is 556 g/mol. The molecule has 38 heavy (non-hydrogen) atoms. The highest BCUT2D eigenvalue weighted by atomic mass is 35.5. The number of amides is 1. The summed E-state index contributed by atoms with van der Waals surface area (Å²) in [7, 11) is 0. The summed E-state index contributed by atoms with van der Waals surface area (Å²) in [4.78, 5) is 31.7. The number of carbonyl (C=O) groups excluding carboxylic acids is 1. The highest BCUT2D eigenvalue weighted by Crippen LogP contribution is 2.52. The van der Waals surface area contributed by atoms with Crippen LogP contribution in [-0.4, -0.2) is 47.0 Å². The molecule has 3 aliphatic rings. The van der Waals surface area contributed by atoms with Crippen LogP contribution in [0.1, 0.15) is 59.8 Å². The molecule has 8 nitrogen and oxygen atoms in total. The van der Waals surface area contributed by atoms with Gasteiger partial charge in [-0.25, -0.2) is 0 Å². The van der Waals surface area contributed by atoms with Crippen molar-refractivity contribution in [2.75, 3.05) is 19.3 Å². The van der Waals surface area contributed by atoms with E-state index in [4.69, 9.17) is 26.3 Å². The summed E-state index contributed by atoms with van der Waals surface area (Å²) in [6.45, 7) is 7.46. The molecule has 5 rings (SSSR count). The second-order valence-corrected chi connectivity index (χ2v) is 12.0. The molecule has 2 fully saturated rings. The van der Waals surface area contributed by atoms with Crippen LogP contribution in [0.2, 0.25) is 5.02 Å². The first kappa shape index (κ1) is 26.9. The van der Waals surface area contributed by atoms with E-state index < -0.39 is 5.79 Å². The summed E-state index contributed by atoms with van der Waals surface area (Å²) >= 11 is 8.08. The van der Waals surface area contributed by atoms with Crippen LogP contribution < -0.4 is 20.3 Å². The molecule has 0 bridgehead atoms. The van der Waals surface area contributed by atoms with Crippen molar-refractivity contribution >= 4 is 29.3 Å². The zero-order valence-electron chi connectivity index (χ0n) is 22.2. The fourth-order valence-electron chi connectivity index (χ4n) is 5.91. The van der Waals surface area contributed by atoms with E-state index in [1.54, 1.807) is 6.07 Å². The van der Waals surface area contributed by atoms with Crippen molar-refractivity contribution in [2.45, 2.75) is 69.7 Å². The Hall–Kier alpha value is -2.67. The molecular weight excluding hydrogens is 524 g/mol. The molecule has 2 aliphatic heterocycles. The first-order valence-corrected chi connectivity index (χ1v) is 14.6. The van der Waals surface area contributed by atoms with Crippen LogP contribution in [0, 0.1) is 37.0 Å². The topological polar surface area (TPSA) is 107 Å². The molecule has 0 unspecified atom stereocenters. The normalized spacial score (nSPS) is 25.1. The molecule has 1 saturated heterocycles. The molecule has 1 aromatic carbocycles. The molecule has 3 heterocycles. The summed E-state index contributed by atoms with van der Waals surface area (Å²) in [6.07, 6.45) is 5.89. The van der Waals surface area contributed by atoms with Gasteiger partial charge < -0.3 is 19.8 Å². The summed E-state index contributed by atoms with van der Waals surface area (Å²) in [6, 6.07) is 6.37. The van der Waals surface area contributed by atoms with E-state index in [9.17, 15) is 9.59 Å². The Morgan fingerprint density at radius 1 is 1.24 bits per heavy atom. The third-order valence-corrected chi connectivity index (χ3v) is 9.30. The number of nitriles is 1. The van der Waals surface area contributed by atoms with Crippen LogP contribution in [0.25, 0.3) is 0 Å². The van der Waals surface area contributed by atoms with Crippen molar-refractivity contribution in [2.24, 2.45) is 11.8 Å². The highest BCUT2D eigenvalue weighted by Gasteiger charge is 2.48. The van der Waals surface area contributed by atoms with Crippen LogP contribution >= 0.6 is 23.4 Å². The van der Waals surface area contributed by atoms with Crippen molar-refractivity contribution in [1.29, 1.82) is 5.26 Å². The average molecular weight is 557 g/mol. The van der Waals surface area contributed by atoms with Crippen molar-refractivity contribution in [1.82, 2.24) is 15.2 Å². The van der Waals surface area contributed by atoms with Crippen molar-refractivity contribution in [3.8, 4) is 17.6 Å². The van der Waals surface area contributed by atoms with E-state index in [1.165, 1.54) is 11.8 Å². The maximum Gasteiger partial charge on any atom is 0.254 e. The Balaban J connectivity index is 1.27. The predicted octanol–water partition coefficient (Wildman–Crippen LogP) is 4.80. The maximum atomic E-state index is 13.2. The van der Waals surface area contributed by atoms with Gasteiger partial charge in [0.15, 0.2) is 11.5 Å². The van der Waals surface area contributed by atoms with Gasteiger partial charge >= 0.3 is 0 Å². The van der Waals surface area contributed by atoms with Crippen LogP contribution in [0.5, 0.6) is 11.5 Å². The first-order chi connectivity index (χ1) is 18.1. The van der Waals surface area contributed by atoms with Gasteiger partial charge in [-0.3, -0.25) is 14.5 Å². The number of carbonyl (C=O) groups is 1. The zero-order chi connectivity index (χ0) is 27.2. The lowest BCUT2D eigenvalue weighted by molar-refractivity contribution is -0.126. The molecule has 1 aromatic heterocycles. The lowest BCUT2D eigenvalue weighted by atomic mass is 9.79. The molecule has 0 radical (unpaired) electrons. The van der Waals surface area contributed by atoms with Gasteiger partial charge in [0.05, 0.1) is 17.0 Å². The lowest BCUT2D eigenvalue weighted by Crippen LogP contribution is -2.54. The van der Waals surface area contributed by atoms with Gasteiger partial charge in [-0.2, -0.15) is 5.26 Å². The first-order valence-electron chi connectivity index (χ1n) is 13.0. The SMILES string of the molecule is CSc1cc(C)[nH]c(=O)c1CNC(=O)c1cc(Cl)c2c(c1C)O[C@@](C)([C@H]1CC[C@@H](N3CC(C#N)C3)CC1)O2. The van der Waals surface area contributed by atoms with E-state index in [1.807, 2.05) is 33.1 Å². The minimum Gasteiger partial charge on any atom is -0.448 e. The van der Waals surface area contributed by atoms with Crippen LogP contribution in [-0.2, 0) is 6.54 Å². The number of thioether (sulfide) groups is 1. The molecule has 2 aromatic rings. The number of nitrogens with one attached hydrogen (secondary N) is 2. The van der Waals surface area contributed by atoms with Gasteiger partial charge in [0, 0.05) is 65.8 Å². The molecule has 1 atom stereocenters. The van der Waals surface area contributed by atoms with E-state index in [0.717, 1.165) is 49.4 Å². The third-order valence-electron chi connectivity index (χ3n) is 8.22. The van der Waals surface area contributed by atoms with Gasteiger partial charge in [-0.1, -0.05) is 11.6 Å². The molecule has 1 saturated carbocycles. The summed E-state index contributed by atoms with van der Waals surface area (Å²) in [5, 5.41) is 12.3. The highest BCUT2D eigenvalue weighted by molar-refractivity contribution is 7.98. The summed E-state index contributed by atoms with van der Waals surface area (Å²) in [5.74, 6) is 0.147. The Morgan fingerprint density at radius 3 is 2.58 bits per heavy atom. The van der Waals surface area contributed by atoms with E-state index >= 15 is 0 Å². The summed E-state index contributed by atoms with van der Waals surface area (Å²) in [5.41, 5.74) is 2.14. The Morgan fingerprint density at radius 2 is 1.92 bits per heavy atom. The lowest BCUT2D eigenvalue weighted by Gasteiger charge is -2.45. The minimum absolute atomic E-state index is 0.100. The van der Waals surface area contributed by atoms with E-state index in [-0.39, 0.29) is 29.8 Å². The van der Waals surface area contributed by atoms with Gasteiger partial charge in [0.25, 0.3) is 17.3 Å². The fourth-order valence-corrected chi connectivity index (χ4v) is 6.85. The Bertz CT molecular complexity index is 1360. The van der Waals surface area contributed by atoms with Gasteiger partial charge in [-0.05, 0) is 57.9 Å². The number of rotatable bonds is 6. The Labute approximate surface area is 232 Å². The van der Waals surface area contributed by atoms with Crippen molar-refractivity contribution < 1.29 is 14.3 Å². The number of aromatic nitrogens is 1. The van der Waals surface area contributed by atoms with Gasteiger partial charge in [-0.15, -0.1) is 11.8 Å². The number of benzene rings is 1. The fraction of sp³-hybridized carbons (Fsp3) is 0.536. The molecule has 1 aliphatic carbocycles. The number of ether oxygens (including phenoxy) is 2. The number of fused-ring (bicyclic) bond motifs is 1.